The zero-order chi connectivity index (χ0) is 14.7. The summed E-state index contributed by atoms with van der Waals surface area (Å²) >= 11 is 0. The van der Waals surface area contributed by atoms with Crippen molar-refractivity contribution < 1.29 is 4.74 Å². The van der Waals surface area contributed by atoms with Crippen LogP contribution in [0.5, 0.6) is 5.75 Å². The summed E-state index contributed by atoms with van der Waals surface area (Å²) in [6.45, 7) is 2.21. The topological polar surface area (TPSA) is 34.1 Å². The van der Waals surface area contributed by atoms with Crippen LogP contribution in [0, 0.1) is 0 Å². The maximum Gasteiger partial charge on any atom is 0.119 e. The number of hydrogen-bond donors (Lipinski definition) is 1. The molecule has 21 heavy (non-hydrogen) atoms. The van der Waals surface area contributed by atoms with Crippen molar-refractivity contribution in [1.82, 2.24) is 10.3 Å². The molecule has 0 saturated carbocycles. The third-order valence-electron chi connectivity index (χ3n) is 4.31. The molecule has 3 rings (SSSR count). The highest BCUT2D eigenvalue weighted by atomic mass is 16.5. The van der Waals surface area contributed by atoms with Gasteiger partial charge in [0.1, 0.15) is 5.75 Å². The summed E-state index contributed by atoms with van der Waals surface area (Å²) in [6.07, 6.45) is 7.15. The van der Waals surface area contributed by atoms with Crippen LogP contribution < -0.4 is 10.1 Å². The zero-order valence-corrected chi connectivity index (χ0v) is 12.7. The van der Waals surface area contributed by atoms with Crippen molar-refractivity contribution in [2.24, 2.45) is 0 Å². The van der Waals surface area contributed by atoms with Crippen LogP contribution in [-0.4, -0.2) is 18.1 Å². The van der Waals surface area contributed by atoms with E-state index in [1.807, 2.05) is 18.5 Å². The standard InChI is InChI=1S/C18H22N2O/c1-13(15-4-3-9-19-12-15)20-17-7-5-14-6-8-18(21-2)11-16(14)10-17/h3-4,6,8-9,11-13,17,20H,5,7,10H2,1-2H3/t13-,17?/m1/s1. The van der Waals surface area contributed by atoms with Crippen molar-refractivity contribution in [3.8, 4) is 5.75 Å². The molecular formula is C18H22N2O. The lowest BCUT2D eigenvalue weighted by molar-refractivity contribution is 0.402. The summed E-state index contributed by atoms with van der Waals surface area (Å²) in [5, 5.41) is 3.73. The van der Waals surface area contributed by atoms with Crippen molar-refractivity contribution in [2.75, 3.05) is 7.11 Å². The van der Waals surface area contributed by atoms with Gasteiger partial charge in [-0.15, -0.1) is 0 Å². The fourth-order valence-electron chi connectivity index (χ4n) is 3.08. The molecule has 110 valence electrons. The molecule has 1 N–H and O–H groups in total. The van der Waals surface area contributed by atoms with E-state index in [1.165, 1.54) is 23.1 Å². The molecule has 0 fully saturated rings. The van der Waals surface area contributed by atoms with Gasteiger partial charge in [-0.3, -0.25) is 4.98 Å². The van der Waals surface area contributed by atoms with Gasteiger partial charge in [0.2, 0.25) is 0 Å². The number of benzene rings is 1. The number of fused-ring (bicyclic) bond motifs is 1. The summed E-state index contributed by atoms with van der Waals surface area (Å²) in [4.78, 5) is 4.20. The Kier molecular flexibility index (Phi) is 4.20. The predicted molar refractivity (Wildman–Crippen MR) is 84.6 cm³/mol. The second-order valence-electron chi connectivity index (χ2n) is 5.75. The molecule has 1 aromatic heterocycles. The van der Waals surface area contributed by atoms with Gasteiger partial charge in [-0.2, -0.15) is 0 Å². The highest BCUT2D eigenvalue weighted by Crippen LogP contribution is 2.26. The molecule has 3 heteroatoms. The minimum absolute atomic E-state index is 0.329. The van der Waals surface area contributed by atoms with Crippen LogP contribution in [0.4, 0.5) is 0 Å². The van der Waals surface area contributed by atoms with Crippen molar-refractivity contribution in [3.63, 3.8) is 0 Å². The molecule has 1 unspecified atom stereocenters. The van der Waals surface area contributed by atoms with E-state index in [-0.39, 0.29) is 0 Å². The molecule has 1 aromatic carbocycles. The zero-order valence-electron chi connectivity index (χ0n) is 12.7. The first kappa shape index (κ1) is 14.1. The lowest BCUT2D eigenvalue weighted by atomic mass is 9.87. The molecule has 0 radical (unpaired) electrons. The molecule has 0 amide bonds. The summed E-state index contributed by atoms with van der Waals surface area (Å²) < 4.78 is 5.34. The number of hydrogen-bond acceptors (Lipinski definition) is 3. The van der Waals surface area contributed by atoms with E-state index in [2.05, 4.69) is 41.5 Å². The normalized spacial score (nSPS) is 18.9. The molecule has 0 bridgehead atoms. The molecule has 3 nitrogen and oxygen atoms in total. The lowest BCUT2D eigenvalue weighted by Crippen LogP contribution is -2.36. The molecule has 1 aliphatic carbocycles. The lowest BCUT2D eigenvalue weighted by Gasteiger charge is -2.28. The second-order valence-corrected chi connectivity index (χ2v) is 5.75. The average molecular weight is 282 g/mol. The average Bonchev–Trinajstić information content (AvgIpc) is 2.55. The van der Waals surface area contributed by atoms with Gasteiger partial charge in [0.25, 0.3) is 0 Å². The van der Waals surface area contributed by atoms with Crippen LogP contribution in [0.2, 0.25) is 0 Å². The monoisotopic (exact) mass is 282 g/mol. The highest BCUT2D eigenvalue weighted by Gasteiger charge is 2.20. The summed E-state index contributed by atoms with van der Waals surface area (Å²) in [6, 6.07) is 11.4. The van der Waals surface area contributed by atoms with E-state index in [0.717, 1.165) is 18.6 Å². The van der Waals surface area contributed by atoms with Crippen LogP contribution in [0.25, 0.3) is 0 Å². The number of pyridine rings is 1. The first-order chi connectivity index (χ1) is 10.3. The Morgan fingerprint density at radius 1 is 1.29 bits per heavy atom. The van der Waals surface area contributed by atoms with E-state index in [4.69, 9.17) is 4.74 Å². The second kappa shape index (κ2) is 6.27. The third kappa shape index (κ3) is 3.24. The highest BCUT2D eigenvalue weighted by molar-refractivity contribution is 5.38. The molecule has 0 spiro atoms. The van der Waals surface area contributed by atoms with Gasteiger partial charge >= 0.3 is 0 Å². The van der Waals surface area contributed by atoms with Crippen molar-refractivity contribution in [1.29, 1.82) is 0 Å². The fraction of sp³-hybridized carbons (Fsp3) is 0.389. The van der Waals surface area contributed by atoms with Gasteiger partial charge in [0.15, 0.2) is 0 Å². The number of aryl methyl sites for hydroxylation is 1. The van der Waals surface area contributed by atoms with Crippen LogP contribution in [0.15, 0.2) is 42.7 Å². The van der Waals surface area contributed by atoms with Gasteiger partial charge in [0.05, 0.1) is 7.11 Å². The van der Waals surface area contributed by atoms with Gasteiger partial charge in [-0.1, -0.05) is 12.1 Å². The quantitative estimate of drug-likeness (QED) is 0.934. The fourth-order valence-corrected chi connectivity index (χ4v) is 3.08. The van der Waals surface area contributed by atoms with E-state index in [1.54, 1.807) is 7.11 Å². The van der Waals surface area contributed by atoms with Crippen LogP contribution in [0.3, 0.4) is 0 Å². The van der Waals surface area contributed by atoms with Crippen LogP contribution in [0.1, 0.15) is 36.1 Å². The van der Waals surface area contributed by atoms with E-state index in [0.29, 0.717) is 12.1 Å². The van der Waals surface area contributed by atoms with Gasteiger partial charge < -0.3 is 10.1 Å². The number of nitrogens with one attached hydrogen (secondary N) is 1. The van der Waals surface area contributed by atoms with E-state index in [9.17, 15) is 0 Å². The minimum atomic E-state index is 0.329. The third-order valence-corrected chi connectivity index (χ3v) is 4.31. The molecule has 0 saturated heterocycles. The summed E-state index contributed by atoms with van der Waals surface area (Å²) in [5.74, 6) is 0.953. The van der Waals surface area contributed by atoms with Gasteiger partial charge in [-0.25, -0.2) is 0 Å². The van der Waals surface area contributed by atoms with E-state index < -0.39 is 0 Å². The number of aromatic nitrogens is 1. The predicted octanol–water partition coefficient (Wildman–Crippen LogP) is 3.30. The summed E-state index contributed by atoms with van der Waals surface area (Å²) in [7, 11) is 1.73. The maximum absolute atomic E-state index is 5.34. The first-order valence-electron chi connectivity index (χ1n) is 7.58. The van der Waals surface area contributed by atoms with E-state index >= 15 is 0 Å². The Morgan fingerprint density at radius 3 is 2.95 bits per heavy atom. The smallest absolute Gasteiger partial charge is 0.119 e. The Hall–Kier alpha value is -1.87. The molecular weight excluding hydrogens is 260 g/mol. The van der Waals surface area contributed by atoms with Crippen molar-refractivity contribution >= 4 is 0 Å². The molecule has 2 aromatic rings. The number of rotatable bonds is 4. The number of nitrogens with zero attached hydrogens (tertiary/aromatic N) is 1. The van der Waals surface area contributed by atoms with Crippen molar-refractivity contribution in [2.45, 2.75) is 38.3 Å². The molecule has 1 aliphatic rings. The molecule has 0 aliphatic heterocycles. The minimum Gasteiger partial charge on any atom is -0.497 e. The Bertz CT molecular complexity index is 597. The number of ether oxygens (including phenoxy) is 1. The first-order valence-corrected chi connectivity index (χ1v) is 7.58. The Balaban J connectivity index is 1.68. The van der Waals surface area contributed by atoms with Gasteiger partial charge in [-0.05, 0) is 61.1 Å². The van der Waals surface area contributed by atoms with Crippen molar-refractivity contribution in [3.05, 3.63) is 59.4 Å². The number of methoxy groups -OCH3 is 1. The largest absolute Gasteiger partial charge is 0.497 e. The molecule has 1 heterocycles. The maximum atomic E-state index is 5.34. The Labute approximate surface area is 126 Å². The molecule has 2 atom stereocenters. The SMILES string of the molecule is COc1ccc2c(c1)CC(N[C@H](C)c1cccnc1)CC2. The van der Waals surface area contributed by atoms with Crippen LogP contribution in [-0.2, 0) is 12.8 Å². The Morgan fingerprint density at radius 2 is 2.19 bits per heavy atom. The van der Waals surface area contributed by atoms with Gasteiger partial charge in [0, 0.05) is 24.5 Å². The summed E-state index contributed by atoms with van der Waals surface area (Å²) in [5.41, 5.74) is 4.12. The van der Waals surface area contributed by atoms with Crippen LogP contribution >= 0.6 is 0 Å².